The monoisotopic (exact) mass is 339 g/mol. The molecule has 130 valence electrons. The van der Waals surface area contributed by atoms with E-state index in [1.54, 1.807) is 0 Å². The number of aliphatic hydroxyl groups is 3. The maximum absolute atomic E-state index is 12.7. The zero-order chi connectivity index (χ0) is 17.6. The van der Waals surface area contributed by atoms with Crippen LogP contribution in [0.15, 0.2) is 22.2 Å². The summed E-state index contributed by atoms with van der Waals surface area (Å²) in [6.45, 7) is 3.00. The van der Waals surface area contributed by atoms with Crippen LogP contribution in [0, 0.1) is 0 Å². The fourth-order valence-corrected chi connectivity index (χ4v) is 2.82. The lowest BCUT2D eigenvalue weighted by Gasteiger charge is -2.15. The molecule has 3 heterocycles. The lowest BCUT2D eigenvalue weighted by molar-refractivity contribution is -0.0527. The number of hydrogen-bond acceptors (Lipinski definition) is 8. The number of nitrogens with zero attached hydrogens (tertiary/aromatic N) is 3. The molecule has 1 fully saturated rings. The number of nitrogens with one attached hydrogen (secondary N) is 1. The molecule has 0 bridgehead atoms. The van der Waals surface area contributed by atoms with Gasteiger partial charge in [0.1, 0.15) is 18.3 Å². The molecular formula is C13H17N5O6. The Bertz CT molecular complexity index is 899. The summed E-state index contributed by atoms with van der Waals surface area (Å²) < 4.78 is 7.40. The minimum Gasteiger partial charge on any atom is -0.394 e. The Kier molecular flexibility index (Phi) is 4.01. The Labute approximate surface area is 134 Å². The van der Waals surface area contributed by atoms with E-state index in [1.807, 2.05) is 0 Å². The molecule has 2 aromatic heterocycles. The number of rotatable bonds is 4. The summed E-state index contributed by atoms with van der Waals surface area (Å²) in [5.41, 5.74) is 4.05. The van der Waals surface area contributed by atoms with Crippen LogP contribution in [-0.4, -0.2) is 59.3 Å². The van der Waals surface area contributed by atoms with E-state index in [0.717, 1.165) is 9.13 Å². The molecule has 4 atom stereocenters. The van der Waals surface area contributed by atoms with Gasteiger partial charge in [-0.2, -0.15) is 4.98 Å². The summed E-state index contributed by atoms with van der Waals surface area (Å²) in [5.74, 6) is -0.219. The second kappa shape index (κ2) is 5.87. The van der Waals surface area contributed by atoms with Crippen molar-refractivity contribution in [1.82, 2.24) is 19.1 Å². The number of fused-ring (bicyclic) bond motifs is 1. The highest BCUT2D eigenvalue weighted by Gasteiger charge is 2.45. The van der Waals surface area contributed by atoms with E-state index in [0.29, 0.717) is 0 Å². The van der Waals surface area contributed by atoms with Crippen molar-refractivity contribution >= 4 is 17.1 Å². The quantitative estimate of drug-likeness (QED) is 0.374. The summed E-state index contributed by atoms with van der Waals surface area (Å²) in [7, 11) is 0. The predicted molar refractivity (Wildman–Crippen MR) is 82.2 cm³/mol. The van der Waals surface area contributed by atoms with Gasteiger partial charge in [0.15, 0.2) is 17.4 Å². The second-order valence-electron chi connectivity index (χ2n) is 5.40. The molecule has 1 aliphatic rings. The van der Waals surface area contributed by atoms with Crippen LogP contribution in [0.25, 0.3) is 11.2 Å². The number of imidazole rings is 1. The van der Waals surface area contributed by atoms with Crippen LogP contribution in [0.4, 0.5) is 5.95 Å². The van der Waals surface area contributed by atoms with Crippen molar-refractivity contribution in [2.75, 3.05) is 12.3 Å². The first-order chi connectivity index (χ1) is 11.4. The van der Waals surface area contributed by atoms with E-state index in [-0.39, 0.29) is 23.7 Å². The maximum atomic E-state index is 12.7. The van der Waals surface area contributed by atoms with Crippen LogP contribution < -0.4 is 17.0 Å². The summed E-state index contributed by atoms with van der Waals surface area (Å²) >= 11 is 0. The third kappa shape index (κ3) is 2.26. The largest absolute Gasteiger partial charge is 0.394 e. The van der Waals surface area contributed by atoms with E-state index < -0.39 is 42.4 Å². The smallest absolute Gasteiger partial charge is 0.333 e. The summed E-state index contributed by atoms with van der Waals surface area (Å²) in [6.07, 6.45) is -3.88. The minimum atomic E-state index is -1.50. The average Bonchev–Trinajstić information content (AvgIpc) is 2.96. The molecule has 1 saturated heterocycles. The van der Waals surface area contributed by atoms with Gasteiger partial charge in [0.05, 0.1) is 6.61 Å². The molecule has 0 unspecified atom stereocenters. The highest BCUT2D eigenvalue weighted by Crippen LogP contribution is 2.30. The normalized spacial score (nSPS) is 27.0. The highest BCUT2D eigenvalue weighted by atomic mass is 16.6. The molecular weight excluding hydrogens is 322 g/mol. The predicted octanol–water partition coefficient (Wildman–Crippen LogP) is -2.73. The molecule has 0 amide bonds. The topological polar surface area (TPSA) is 169 Å². The number of nitrogens with two attached hydrogens (primary N) is 1. The number of aromatic nitrogens is 4. The molecule has 6 N–H and O–H groups in total. The molecule has 1 aliphatic heterocycles. The van der Waals surface area contributed by atoms with Gasteiger partial charge < -0.3 is 25.8 Å². The SMILES string of the molecule is C=CCn1c(=O)n([C@@H]2O[C@H](CO)[C@H](O)[C@@H]2O)c2nc(N)[nH]c(=O)c21. The minimum absolute atomic E-state index is 0.0197. The number of anilines is 1. The Morgan fingerprint density at radius 1 is 1.38 bits per heavy atom. The van der Waals surface area contributed by atoms with Crippen molar-refractivity contribution < 1.29 is 20.1 Å². The Hall–Kier alpha value is -2.47. The Morgan fingerprint density at radius 3 is 2.67 bits per heavy atom. The molecule has 11 heteroatoms. The first-order valence-electron chi connectivity index (χ1n) is 7.14. The van der Waals surface area contributed by atoms with Crippen molar-refractivity contribution in [1.29, 1.82) is 0 Å². The molecule has 3 rings (SSSR count). The zero-order valence-corrected chi connectivity index (χ0v) is 12.5. The lowest BCUT2D eigenvalue weighted by Crippen LogP contribution is -2.36. The molecule has 0 aromatic carbocycles. The highest BCUT2D eigenvalue weighted by molar-refractivity contribution is 5.71. The number of hydrogen-bond donors (Lipinski definition) is 5. The van der Waals surface area contributed by atoms with Crippen molar-refractivity contribution in [2.45, 2.75) is 31.1 Å². The van der Waals surface area contributed by atoms with Crippen LogP contribution >= 0.6 is 0 Å². The van der Waals surface area contributed by atoms with Gasteiger partial charge in [-0.05, 0) is 0 Å². The average molecular weight is 339 g/mol. The summed E-state index contributed by atoms with van der Waals surface area (Å²) in [5, 5.41) is 29.2. The van der Waals surface area contributed by atoms with Gasteiger partial charge in [0.25, 0.3) is 5.56 Å². The van der Waals surface area contributed by atoms with Crippen LogP contribution in [0.5, 0.6) is 0 Å². The van der Waals surface area contributed by atoms with Gasteiger partial charge in [-0.1, -0.05) is 6.08 Å². The van der Waals surface area contributed by atoms with Gasteiger partial charge in [-0.25, -0.2) is 9.36 Å². The first-order valence-corrected chi connectivity index (χ1v) is 7.14. The number of aromatic amines is 1. The molecule has 11 nitrogen and oxygen atoms in total. The molecule has 0 radical (unpaired) electrons. The van der Waals surface area contributed by atoms with E-state index in [4.69, 9.17) is 10.5 Å². The number of aliphatic hydroxyl groups excluding tert-OH is 3. The molecule has 24 heavy (non-hydrogen) atoms. The van der Waals surface area contributed by atoms with Gasteiger partial charge in [-0.3, -0.25) is 14.3 Å². The Balaban J connectivity index is 2.29. The third-order valence-corrected chi connectivity index (χ3v) is 3.91. The lowest BCUT2D eigenvalue weighted by atomic mass is 10.1. The zero-order valence-electron chi connectivity index (χ0n) is 12.5. The standard InChI is InChI=1S/C13H17N5O6/c1-2-3-17-6-9(15-12(14)16-10(6)22)18(13(17)23)11-8(21)7(20)5(4-19)24-11/h2,5,7-8,11,19-21H,1,3-4H2,(H3,14,15,16,22)/t5-,7+,8+,11-/m1/s1. The van der Waals surface area contributed by atoms with Crippen molar-refractivity contribution in [2.24, 2.45) is 0 Å². The van der Waals surface area contributed by atoms with Crippen LogP contribution in [-0.2, 0) is 11.3 Å². The number of nitrogen functional groups attached to an aromatic ring is 1. The number of allylic oxidation sites excluding steroid dienone is 1. The van der Waals surface area contributed by atoms with Crippen molar-refractivity contribution in [3.05, 3.63) is 33.5 Å². The van der Waals surface area contributed by atoms with E-state index >= 15 is 0 Å². The Morgan fingerprint density at radius 2 is 2.08 bits per heavy atom. The third-order valence-electron chi connectivity index (χ3n) is 3.91. The van der Waals surface area contributed by atoms with Gasteiger partial charge in [0, 0.05) is 6.54 Å². The summed E-state index contributed by atoms with van der Waals surface area (Å²) in [4.78, 5) is 31.1. The van der Waals surface area contributed by atoms with E-state index in [2.05, 4.69) is 16.5 Å². The molecule has 0 spiro atoms. The molecule has 0 saturated carbocycles. The van der Waals surface area contributed by atoms with Gasteiger partial charge in [0.2, 0.25) is 5.95 Å². The van der Waals surface area contributed by atoms with Gasteiger partial charge >= 0.3 is 5.69 Å². The van der Waals surface area contributed by atoms with Crippen LogP contribution in [0.2, 0.25) is 0 Å². The molecule has 2 aromatic rings. The second-order valence-corrected chi connectivity index (χ2v) is 5.40. The molecule has 0 aliphatic carbocycles. The maximum Gasteiger partial charge on any atom is 0.333 e. The van der Waals surface area contributed by atoms with Crippen molar-refractivity contribution in [3.63, 3.8) is 0 Å². The fourth-order valence-electron chi connectivity index (χ4n) is 2.82. The van der Waals surface area contributed by atoms with Crippen LogP contribution in [0.1, 0.15) is 6.23 Å². The number of ether oxygens (including phenoxy) is 1. The van der Waals surface area contributed by atoms with E-state index in [9.17, 15) is 24.9 Å². The fraction of sp³-hybridized carbons (Fsp3) is 0.462. The van der Waals surface area contributed by atoms with E-state index in [1.165, 1.54) is 6.08 Å². The van der Waals surface area contributed by atoms with Crippen LogP contribution in [0.3, 0.4) is 0 Å². The number of H-pyrrole nitrogens is 1. The van der Waals surface area contributed by atoms with Crippen molar-refractivity contribution in [3.8, 4) is 0 Å². The first kappa shape index (κ1) is 16.4. The van der Waals surface area contributed by atoms with Gasteiger partial charge in [-0.15, -0.1) is 6.58 Å². The summed E-state index contributed by atoms with van der Waals surface area (Å²) in [6, 6.07) is 0.